The predicted molar refractivity (Wildman–Crippen MR) is 143 cm³/mol. The Labute approximate surface area is 209 Å². The number of aromatic amines is 2. The first-order valence-electron chi connectivity index (χ1n) is 13.1. The van der Waals surface area contributed by atoms with Crippen molar-refractivity contribution in [3.63, 3.8) is 0 Å². The Morgan fingerprint density at radius 1 is 0.886 bits per heavy atom. The first-order chi connectivity index (χ1) is 17.1. The van der Waals surface area contributed by atoms with Crippen LogP contribution in [0.25, 0.3) is 10.9 Å². The van der Waals surface area contributed by atoms with Crippen LogP contribution < -0.4 is 0 Å². The van der Waals surface area contributed by atoms with Gasteiger partial charge in [0, 0.05) is 49.6 Å². The smallest absolute Gasteiger partial charge is 0.122 e. The van der Waals surface area contributed by atoms with Gasteiger partial charge in [-0.1, -0.05) is 19.9 Å². The fraction of sp³-hybridized carbons (Fsp3) is 0.500. The molecule has 0 spiro atoms. The van der Waals surface area contributed by atoms with Gasteiger partial charge in [0.15, 0.2) is 0 Å². The molecule has 0 aliphatic carbocycles. The minimum Gasteiger partial charge on any atom is -0.358 e. The van der Waals surface area contributed by atoms with Gasteiger partial charge in [-0.3, -0.25) is 4.90 Å². The van der Waals surface area contributed by atoms with Gasteiger partial charge in [-0.15, -0.1) is 0 Å². The molecule has 35 heavy (non-hydrogen) atoms. The van der Waals surface area contributed by atoms with Gasteiger partial charge in [0.2, 0.25) is 0 Å². The number of nitrogens with zero attached hydrogens (tertiary/aromatic N) is 5. The number of rotatable bonds is 15. The summed E-state index contributed by atoms with van der Waals surface area (Å²) in [5, 5.41) is 1.30. The summed E-state index contributed by atoms with van der Waals surface area (Å²) >= 11 is 0. The summed E-state index contributed by atoms with van der Waals surface area (Å²) in [4.78, 5) is 20.8. The number of aromatic nitrogens is 5. The molecule has 0 fully saturated rings. The average Bonchev–Trinajstić information content (AvgIpc) is 3.59. The lowest BCUT2D eigenvalue weighted by Gasteiger charge is -2.21. The number of benzene rings is 1. The van der Waals surface area contributed by atoms with E-state index in [0.717, 1.165) is 37.7 Å². The van der Waals surface area contributed by atoms with Crippen molar-refractivity contribution in [1.82, 2.24) is 34.3 Å². The minimum absolute atomic E-state index is 0.753. The second-order valence-electron chi connectivity index (χ2n) is 9.65. The van der Waals surface area contributed by atoms with Gasteiger partial charge in [-0.05, 0) is 80.9 Å². The molecule has 3 aromatic heterocycles. The normalized spacial score (nSPS) is 11.9. The SMILES string of the molecule is CCCN(CCC)CCCCc1cc2cc(CN(Cc3ncc[nH]3)Cc3nccn3C)ccc2[nH]1. The van der Waals surface area contributed by atoms with Crippen molar-refractivity contribution in [3.05, 3.63) is 72.0 Å². The van der Waals surface area contributed by atoms with E-state index in [1.807, 2.05) is 31.8 Å². The van der Waals surface area contributed by atoms with Crippen molar-refractivity contribution < 1.29 is 0 Å². The van der Waals surface area contributed by atoms with Gasteiger partial charge in [-0.25, -0.2) is 9.97 Å². The molecule has 7 nitrogen and oxygen atoms in total. The van der Waals surface area contributed by atoms with Crippen LogP contribution in [0.15, 0.2) is 49.1 Å². The van der Waals surface area contributed by atoms with Crippen molar-refractivity contribution in [3.8, 4) is 0 Å². The van der Waals surface area contributed by atoms with Crippen molar-refractivity contribution >= 4 is 10.9 Å². The maximum atomic E-state index is 4.53. The van der Waals surface area contributed by atoms with Crippen LogP contribution in [0.4, 0.5) is 0 Å². The summed E-state index contributed by atoms with van der Waals surface area (Å²) in [6, 6.07) is 9.13. The minimum atomic E-state index is 0.753. The molecule has 4 aromatic rings. The molecular weight excluding hydrogens is 434 g/mol. The zero-order valence-corrected chi connectivity index (χ0v) is 21.6. The third-order valence-electron chi connectivity index (χ3n) is 6.61. The van der Waals surface area contributed by atoms with E-state index in [2.05, 4.69) is 72.4 Å². The molecule has 3 heterocycles. The molecular formula is C28H41N7. The van der Waals surface area contributed by atoms with Crippen molar-refractivity contribution in [2.24, 2.45) is 7.05 Å². The number of unbranched alkanes of at least 4 members (excludes halogenated alkanes) is 1. The molecule has 188 valence electrons. The Morgan fingerprint density at radius 2 is 1.74 bits per heavy atom. The lowest BCUT2D eigenvalue weighted by atomic mass is 10.1. The summed E-state index contributed by atoms with van der Waals surface area (Å²) in [5.41, 5.74) is 3.87. The standard InChI is InChI=1S/C28H41N7/c1-4-14-34(15-5-2)16-7-6-8-25-19-24-18-23(9-10-26(24)32-25)20-35(21-27-29-11-12-30-27)22-28-31-13-17-33(28)3/h9-13,17-19,32H,4-8,14-16,20-22H2,1-3H3,(H,29,30). The molecule has 0 aliphatic rings. The fourth-order valence-electron chi connectivity index (χ4n) is 4.86. The molecule has 4 rings (SSSR count). The van der Waals surface area contributed by atoms with Crippen LogP contribution in [0.5, 0.6) is 0 Å². The van der Waals surface area contributed by atoms with E-state index < -0.39 is 0 Å². The number of nitrogens with one attached hydrogen (secondary N) is 2. The van der Waals surface area contributed by atoms with Crippen LogP contribution in [0.1, 0.15) is 62.4 Å². The van der Waals surface area contributed by atoms with E-state index in [9.17, 15) is 0 Å². The Bertz CT molecular complexity index is 1140. The second-order valence-corrected chi connectivity index (χ2v) is 9.65. The molecule has 0 unspecified atom stereocenters. The van der Waals surface area contributed by atoms with E-state index in [-0.39, 0.29) is 0 Å². The van der Waals surface area contributed by atoms with E-state index in [1.54, 1.807) is 0 Å². The molecule has 0 aliphatic heterocycles. The molecule has 0 atom stereocenters. The monoisotopic (exact) mass is 475 g/mol. The zero-order valence-electron chi connectivity index (χ0n) is 21.6. The van der Waals surface area contributed by atoms with Gasteiger partial charge < -0.3 is 19.4 Å². The molecule has 2 N–H and O–H groups in total. The largest absolute Gasteiger partial charge is 0.358 e. The van der Waals surface area contributed by atoms with Crippen LogP contribution in [0.3, 0.4) is 0 Å². The quantitative estimate of drug-likeness (QED) is 0.230. The maximum Gasteiger partial charge on any atom is 0.122 e. The Morgan fingerprint density at radius 3 is 2.46 bits per heavy atom. The number of hydrogen-bond acceptors (Lipinski definition) is 4. The predicted octanol–water partition coefficient (Wildman–Crippen LogP) is 5.27. The average molecular weight is 476 g/mol. The molecule has 7 heteroatoms. The lowest BCUT2D eigenvalue weighted by molar-refractivity contribution is 0.233. The van der Waals surface area contributed by atoms with Crippen LogP contribution in [-0.4, -0.2) is 53.9 Å². The van der Waals surface area contributed by atoms with Crippen LogP contribution in [0, 0.1) is 0 Å². The molecule has 0 amide bonds. The van der Waals surface area contributed by atoms with E-state index >= 15 is 0 Å². The Kier molecular flexibility index (Phi) is 9.15. The second kappa shape index (κ2) is 12.7. The van der Waals surface area contributed by atoms with Crippen molar-refractivity contribution in [2.75, 3.05) is 19.6 Å². The number of fused-ring (bicyclic) bond motifs is 1. The Hall–Kier alpha value is -2.90. The summed E-state index contributed by atoms with van der Waals surface area (Å²) in [6.07, 6.45) is 13.6. The van der Waals surface area contributed by atoms with Gasteiger partial charge >= 0.3 is 0 Å². The summed E-state index contributed by atoms with van der Waals surface area (Å²) in [6.45, 7) is 10.6. The fourth-order valence-corrected chi connectivity index (χ4v) is 4.86. The highest BCUT2D eigenvalue weighted by Gasteiger charge is 2.13. The van der Waals surface area contributed by atoms with Gasteiger partial charge in [0.25, 0.3) is 0 Å². The molecule has 0 saturated heterocycles. The molecule has 0 bridgehead atoms. The Balaban J connectivity index is 1.37. The van der Waals surface area contributed by atoms with E-state index in [1.165, 1.54) is 67.5 Å². The lowest BCUT2D eigenvalue weighted by Crippen LogP contribution is -2.26. The first kappa shape index (κ1) is 25.2. The highest BCUT2D eigenvalue weighted by molar-refractivity contribution is 5.81. The highest BCUT2D eigenvalue weighted by atomic mass is 15.2. The molecule has 0 saturated carbocycles. The van der Waals surface area contributed by atoms with E-state index in [4.69, 9.17) is 0 Å². The van der Waals surface area contributed by atoms with Crippen LogP contribution in [-0.2, 0) is 33.1 Å². The van der Waals surface area contributed by atoms with Crippen molar-refractivity contribution in [1.29, 1.82) is 0 Å². The maximum absolute atomic E-state index is 4.53. The summed E-state index contributed by atoms with van der Waals surface area (Å²) < 4.78 is 2.08. The molecule has 1 aromatic carbocycles. The number of imidazole rings is 2. The van der Waals surface area contributed by atoms with E-state index in [0.29, 0.717) is 0 Å². The summed E-state index contributed by atoms with van der Waals surface area (Å²) in [7, 11) is 2.05. The van der Waals surface area contributed by atoms with Gasteiger partial charge in [-0.2, -0.15) is 0 Å². The van der Waals surface area contributed by atoms with Gasteiger partial charge in [0.1, 0.15) is 11.6 Å². The molecule has 0 radical (unpaired) electrons. The van der Waals surface area contributed by atoms with Crippen LogP contribution in [0.2, 0.25) is 0 Å². The third-order valence-corrected chi connectivity index (χ3v) is 6.61. The summed E-state index contributed by atoms with van der Waals surface area (Å²) in [5.74, 6) is 2.03. The first-order valence-corrected chi connectivity index (χ1v) is 13.1. The zero-order chi connectivity index (χ0) is 24.5. The third kappa shape index (κ3) is 7.29. The number of H-pyrrole nitrogens is 2. The van der Waals surface area contributed by atoms with Crippen LogP contribution >= 0.6 is 0 Å². The topological polar surface area (TPSA) is 68.8 Å². The highest BCUT2D eigenvalue weighted by Crippen LogP contribution is 2.21. The van der Waals surface area contributed by atoms with Crippen molar-refractivity contribution in [2.45, 2.75) is 65.6 Å². The number of aryl methyl sites for hydroxylation is 2. The van der Waals surface area contributed by atoms with Gasteiger partial charge in [0.05, 0.1) is 13.1 Å². The number of hydrogen-bond donors (Lipinski definition) is 2.